The molecule has 14 nitrogen and oxygen atoms in total. The van der Waals surface area contributed by atoms with E-state index in [9.17, 15) is 24.3 Å². The summed E-state index contributed by atoms with van der Waals surface area (Å²) in [4.78, 5) is 65.8. The van der Waals surface area contributed by atoms with Crippen LogP contribution in [0.2, 0.25) is 0 Å². The number of allylic oxidation sites excluding steroid dienone is 1. The van der Waals surface area contributed by atoms with Crippen LogP contribution in [0.25, 0.3) is 11.2 Å². The first kappa shape index (κ1) is 34.3. The maximum atomic E-state index is 13.6. The Morgan fingerprint density at radius 2 is 1.96 bits per heavy atom. The average Bonchev–Trinajstić information content (AvgIpc) is 3.33. The molecule has 248 valence electrons. The lowest BCUT2D eigenvalue weighted by Crippen LogP contribution is -2.44. The fourth-order valence-electron chi connectivity index (χ4n) is 5.31. The average molecular weight is 637 g/mol. The molecule has 1 aliphatic rings. The number of aryl methyl sites for hydroxylation is 1. The Labute approximate surface area is 267 Å². The van der Waals surface area contributed by atoms with Crippen LogP contribution in [0.3, 0.4) is 0 Å². The monoisotopic (exact) mass is 636 g/mol. The third-order valence-electron chi connectivity index (χ3n) is 7.47. The summed E-state index contributed by atoms with van der Waals surface area (Å²) in [5.74, 6) is 0.284. The van der Waals surface area contributed by atoms with Crippen molar-refractivity contribution in [1.82, 2.24) is 34.3 Å². The zero-order valence-corrected chi connectivity index (χ0v) is 27.4. The number of nitrogens with one attached hydrogen (secondary N) is 2. The molecule has 1 fully saturated rings. The topological polar surface area (TPSA) is 174 Å². The first-order chi connectivity index (χ1) is 21.7. The number of hydrogen-bond donors (Lipinski definition) is 3. The number of nitrogens with zero attached hydrogens (tertiary/aromatic N) is 6. The van der Waals surface area contributed by atoms with Crippen LogP contribution in [-0.2, 0) is 27.3 Å². The lowest BCUT2D eigenvalue weighted by Gasteiger charge is -2.26. The fraction of sp³-hybridized carbons (Fsp3) is 0.531. The van der Waals surface area contributed by atoms with Gasteiger partial charge in [0.25, 0.3) is 5.56 Å². The lowest BCUT2D eigenvalue weighted by atomic mass is 9.90. The number of ether oxygens (including phenoxy) is 1. The molecule has 1 aliphatic heterocycles. The van der Waals surface area contributed by atoms with Gasteiger partial charge in [-0.3, -0.25) is 19.0 Å². The van der Waals surface area contributed by atoms with E-state index in [0.29, 0.717) is 35.8 Å². The maximum Gasteiger partial charge on any atom is 0.405 e. The molecule has 0 saturated carbocycles. The van der Waals surface area contributed by atoms with Crippen molar-refractivity contribution in [1.29, 1.82) is 0 Å². The molecule has 0 aromatic carbocycles. The third kappa shape index (κ3) is 8.77. The van der Waals surface area contributed by atoms with Gasteiger partial charge in [0, 0.05) is 26.9 Å². The van der Waals surface area contributed by atoms with Crippen LogP contribution in [0.5, 0.6) is 0 Å². The molecule has 0 bridgehead atoms. The van der Waals surface area contributed by atoms with Gasteiger partial charge in [-0.05, 0) is 69.1 Å². The van der Waals surface area contributed by atoms with Gasteiger partial charge in [-0.15, -0.1) is 0 Å². The van der Waals surface area contributed by atoms with Crippen molar-refractivity contribution < 1.29 is 24.2 Å². The second kappa shape index (κ2) is 14.7. The van der Waals surface area contributed by atoms with E-state index in [0.717, 1.165) is 25.0 Å². The predicted molar refractivity (Wildman–Crippen MR) is 173 cm³/mol. The number of carboxylic acid groups (broad SMARTS) is 1. The highest BCUT2D eigenvalue weighted by Gasteiger charge is 2.27. The van der Waals surface area contributed by atoms with E-state index in [1.165, 1.54) is 21.6 Å². The molecule has 14 heteroatoms. The van der Waals surface area contributed by atoms with E-state index in [-0.39, 0.29) is 42.6 Å². The highest BCUT2D eigenvalue weighted by Crippen LogP contribution is 2.31. The lowest BCUT2D eigenvalue weighted by molar-refractivity contribution is -0.123. The van der Waals surface area contributed by atoms with Gasteiger partial charge in [-0.25, -0.2) is 19.7 Å². The quantitative estimate of drug-likeness (QED) is 0.266. The van der Waals surface area contributed by atoms with Gasteiger partial charge in [0.15, 0.2) is 5.65 Å². The number of anilines is 1. The van der Waals surface area contributed by atoms with Crippen LogP contribution in [0.4, 0.5) is 10.5 Å². The number of amides is 3. The Hall–Kier alpha value is -4.59. The summed E-state index contributed by atoms with van der Waals surface area (Å²) in [6.07, 6.45) is 6.61. The van der Waals surface area contributed by atoms with E-state index in [4.69, 9.17) is 19.7 Å². The van der Waals surface area contributed by atoms with Gasteiger partial charge in [0.2, 0.25) is 11.8 Å². The van der Waals surface area contributed by atoms with Crippen LogP contribution in [-0.4, -0.2) is 78.7 Å². The second-order valence-corrected chi connectivity index (χ2v) is 12.9. The van der Waals surface area contributed by atoms with Crippen LogP contribution < -0.4 is 16.2 Å². The molecule has 0 aliphatic carbocycles. The summed E-state index contributed by atoms with van der Waals surface area (Å²) in [6, 6.07) is 1.94. The highest BCUT2D eigenvalue weighted by atomic mass is 16.5. The summed E-state index contributed by atoms with van der Waals surface area (Å²) in [5.41, 5.74) is 1.62. The zero-order chi connectivity index (χ0) is 33.6. The van der Waals surface area contributed by atoms with Gasteiger partial charge in [0.05, 0.1) is 12.2 Å². The first-order valence-corrected chi connectivity index (χ1v) is 15.5. The van der Waals surface area contributed by atoms with E-state index < -0.39 is 23.6 Å². The van der Waals surface area contributed by atoms with Crippen molar-refractivity contribution in [3.63, 3.8) is 0 Å². The molecular weight excluding hydrogens is 592 g/mol. The number of carbonyl (C=O) groups is 3. The molecule has 4 rings (SSSR count). The minimum atomic E-state index is -1.38. The van der Waals surface area contributed by atoms with Crippen LogP contribution >= 0.6 is 0 Å². The van der Waals surface area contributed by atoms with Crippen molar-refractivity contribution in [2.75, 3.05) is 26.0 Å². The molecule has 3 N–H and O–H groups in total. The summed E-state index contributed by atoms with van der Waals surface area (Å²) >= 11 is 0. The Kier molecular flexibility index (Phi) is 10.9. The Morgan fingerprint density at radius 3 is 2.61 bits per heavy atom. The molecule has 2 unspecified atom stereocenters. The number of imidazole rings is 1. The SMILES string of the molecule is Cc1nc(CC(C)(C)C)c2nc(Cn3cccc(NC(=O)C(CC/C=C/C(=O)N(C)C)NC(=O)O)c3=O)n(C3CCCCO3)c2n1. The molecule has 46 heavy (non-hydrogen) atoms. The van der Waals surface area contributed by atoms with Crippen molar-refractivity contribution >= 4 is 34.8 Å². The molecule has 3 aromatic heterocycles. The molecular formula is C32H44N8O6. The molecule has 0 radical (unpaired) electrons. The van der Waals surface area contributed by atoms with E-state index in [2.05, 4.69) is 31.4 Å². The molecule has 1 saturated heterocycles. The standard InChI is InChI=1S/C32H44N8O6/c1-20-33-23(18-32(2,3)4)27-28(34-20)40(26-15-9-10-17-46-26)24(37-27)19-39-16-11-13-22(30(39)43)35-29(42)21(36-31(44)45)12-7-8-14-25(41)38(5)6/h8,11,13-14,16,21,26,36H,7,9-10,12,15,17-19H2,1-6H3,(H,35,42)(H,44,45)/b14-8+. The molecule has 4 heterocycles. The molecule has 3 amide bonds. The number of carbonyl (C=O) groups excluding carboxylic acids is 2. The minimum Gasteiger partial charge on any atom is -0.465 e. The van der Waals surface area contributed by atoms with E-state index in [1.807, 2.05) is 11.5 Å². The summed E-state index contributed by atoms with van der Waals surface area (Å²) in [6.45, 7) is 8.95. The zero-order valence-electron chi connectivity index (χ0n) is 27.4. The largest absolute Gasteiger partial charge is 0.465 e. The first-order valence-electron chi connectivity index (χ1n) is 15.5. The normalized spacial score (nSPS) is 16.0. The van der Waals surface area contributed by atoms with Gasteiger partial charge in [-0.1, -0.05) is 26.8 Å². The summed E-state index contributed by atoms with van der Waals surface area (Å²) < 4.78 is 9.56. The molecule has 0 spiro atoms. The Bertz CT molecular complexity index is 1660. The molecule has 3 aromatic rings. The molecule has 2 atom stereocenters. The summed E-state index contributed by atoms with van der Waals surface area (Å²) in [5, 5.41) is 14.1. The van der Waals surface area contributed by atoms with Gasteiger partial charge < -0.3 is 29.9 Å². The minimum absolute atomic E-state index is 0.0105. The van der Waals surface area contributed by atoms with Crippen molar-refractivity contribution in [3.8, 4) is 0 Å². The van der Waals surface area contributed by atoms with E-state index in [1.54, 1.807) is 32.4 Å². The van der Waals surface area contributed by atoms with E-state index >= 15 is 0 Å². The number of pyridine rings is 1. The fourth-order valence-corrected chi connectivity index (χ4v) is 5.31. The van der Waals surface area contributed by atoms with Crippen LogP contribution in [0, 0.1) is 12.3 Å². The number of hydrogen-bond acceptors (Lipinski definition) is 8. The maximum absolute atomic E-state index is 13.6. The number of rotatable bonds is 11. The van der Waals surface area contributed by atoms with Gasteiger partial charge in [0.1, 0.15) is 35.1 Å². The van der Waals surface area contributed by atoms with Crippen molar-refractivity contribution in [3.05, 3.63) is 58.2 Å². The Morgan fingerprint density at radius 1 is 1.20 bits per heavy atom. The smallest absolute Gasteiger partial charge is 0.405 e. The van der Waals surface area contributed by atoms with Crippen molar-refractivity contribution in [2.45, 2.75) is 85.0 Å². The summed E-state index contributed by atoms with van der Waals surface area (Å²) in [7, 11) is 3.22. The number of aromatic nitrogens is 5. The third-order valence-corrected chi connectivity index (χ3v) is 7.47. The number of fused-ring (bicyclic) bond motifs is 1. The van der Waals surface area contributed by atoms with Crippen LogP contribution in [0.15, 0.2) is 35.3 Å². The highest BCUT2D eigenvalue weighted by molar-refractivity contribution is 5.96. The number of likely N-dealkylation sites (N-methyl/N-ethyl adjacent to an activating group) is 1. The second-order valence-electron chi connectivity index (χ2n) is 12.9. The van der Waals surface area contributed by atoms with Crippen LogP contribution in [0.1, 0.15) is 76.4 Å². The Balaban J connectivity index is 1.63. The van der Waals surface area contributed by atoms with Gasteiger partial charge >= 0.3 is 6.09 Å². The van der Waals surface area contributed by atoms with Gasteiger partial charge in [-0.2, -0.15) is 0 Å². The van der Waals surface area contributed by atoms with Crippen molar-refractivity contribution in [2.24, 2.45) is 5.41 Å². The predicted octanol–water partition coefficient (Wildman–Crippen LogP) is 3.63.